The van der Waals surface area contributed by atoms with E-state index in [0.29, 0.717) is 17.4 Å². The first-order valence-electron chi connectivity index (χ1n) is 12.7. The number of hydrogen-bond acceptors (Lipinski definition) is 0. The Morgan fingerprint density at radius 2 is 1.61 bits per heavy atom. The second kappa shape index (κ2) is 11.5. The summed E-state index contributed by atoms with van der Waals surface area (Å²) in [6, 6.07) is 25.3. The van der Waals surface area contributed by atoms with Gasteiger partial charge in [-0.2, -0.15) is 0 Å². The summed E-state index contributed by atoms with van der Waals surface area (Å²) < 4.78 is 14.9. The molecule has 1 heteroatoms. The number of aryl methyl sites for hydroxylation is 1. The molecule has 172 valence electrons. The minimum Gasteiger partial charge on any atom is -0.206 e. The monoisotopic (exact) mass is 440 g/mol. The van der Waals surface area contributed by atoms with Gasteiger partial charge in [0.2, 0.25) is 0 Å². The summed E-state index contributed by atoms with van der Waals surface area (Å²) in [6.45, 7) is 4.54. The number of benzene rings is 3. The molecule has 0 amide bonds. The molecule has 1 aliphatic rings. The first kappa shape index (κ1) is 23.5. The third-order valence-corrected chi connectivity index (χ3v) is 7.37. The van der Waals surface area contributed by atoms with Crippen molar-refractivity contribution in [3.05, 3.63) is 106 Å². The molecule has 1 saturated carbocycles. The van der Waals surface area contributed by atoms with Crippen molar-refractivity contribution in [1.29, 1.82) is 0 Å². The summed E-state index contributed by atoms with van der Waals surface area (Å²) in [4.78, 5) is 0. The molecule has 0 spiro atoms. The lowest BCUT2D eigenvalue weighted by atomic mass is 9.75. The molecule has 1 atom stereocenters. The van der Waals surface area contributed by atoms with Crippen LogP contribution in [0, 0.1) is 11.7 Å². The second-order valence-corrected chi connectivity index (χ2v) is 9.87. The summed E-state index contributed by atoms with van der Waals surface area (Å²) in [6.07, 6.45) is 12.3. The third-order valence-electron chi connectivity index (χ3n) is 7.37. The quantitative estimate of drug-likeness (QED) is 0.306. The molecule has 0 bridgehead atoms. The van der Waals surface area contributed by atoms with Crippen LogP contribution in [0.15, 0.2) is 72.8 Å². The highest BCUT2D eigenvalue weighted by Gasteiger charge is 2.24. The van der Waals surface area contributed by atoms with Crippen LogP contribution in [-0.4, -0.2) is 0 Å². The van der Waals surface area contributed by atoms with Gasteiger partial charge in [-0.3, -0.25) is 0 Å². The molecule has 1 aliphatic carbocycles. The smallest absolute Gasteiger partial charge is 0.130 e. The molecule has 0 N–H and O–H groups in total. The number of rotatable bonds is 8. The lowest BCUT2D eigenvalue weighted by molar-refractivity contribution is 0.297. The van der Waals surface area contributed by atoms with E-state index in [-0.39, 0.29) is 5.82 Å². The summed E-state index contributed by atoms with van der Waals surface area (Å²) in [5.41, 5.74) is 5.75. The molecular formula is C32H37F. The Labute approximate surface area is 199 Å². The molecule has 0 radical (unpaired) electrons. The fraction of sp³-hybridized carbons (Fsp3) is 0.375. The van der Waals surface area contributed by atoms with Gasteiger partial charge in [0.1, 0.15) is 5.82 Å². The number of halogens is 1. The lowest BCUT2D eigenvalue weighted by Gasteiger charge is -2.30. The van der Waals surface area contributed by atoms with Crippen LogP contribution >= 0.6 is 0 Å². The molecule has 0 unspecified atom stereocenters. The van der Waals surface area contributed by atoms with E-state index in [4.69, 9.17) is 0 Å². The third kappa shape index (κ3) is 6.44. The molecule has 0 heterocycles. The Hall–Kier alpha value is -2.67. The SMILES string of the molecule is CCCc1ccc(C=Cc2ccc(C3CCC(C[C@H](C)c4ccccc4)CC3)cc2F)cc1. The zero-order chi connectivity index (χ0) is 23.0. The average molecular weight is 441 g/mol. The number of hydrogen-bond donors (Lipinski definition) is 0. The van der Waals surface area contributed by atoms with Gasteiger partial charge in [-0.15, -0.1) is 0 Å². The van der Waals surface area contributed by atoms with Gasteiger partial charge in [0.25, 0.3) is 0 Å². The van der Waals surface area contributed by atoms with Crippen LogP contribution in [0.5, 0.6) is 0 Å². The van der Waals surface area contributed by atoms with Gasteiger partial charge >= 0.3 is 0 Å². The Bertz CT molecular complexity index is 1020. The largest absolute Gasteiger partial charge is 0.206 e. The second-order valence-electron chi connectivity index (χ2n) is 9.87. The lowest BCUT2D eigenvalue weighted by Crippen LogP contribution is -2.15. The maximum atomic E-state index is 14.9. The Kier molecular flexibility index (Phi) is 8.15. The van der Waals surface area contributed by atoms with Crippen LogP contribution in [-0.2, 0) is 6.42 Å². The van der Waals surface area contributed by atoms with Crippen molar-refractivity contribution in [2.75, 3.05) is 0 Å². The van der Waals surface area contributed by atoms with Gasteiger partial charge in [-0.1, -0.05) is 99.2 Å². The van der Waals surface area contributed by atoms with Gasteiger partial charge in [-0.25, -0.2) is 4.39 Å². The van der Waals surface area contributed by atoms with Crippen molar-refractivity contribution in [2.45, 2.75) is 70.6 Å². The highest BCUT2D eigenvalue weighted by molar-refractivity contribution is 5.70. The molecule has 3 aromatic rings. The van der Waals surface area contributed by atoms with E-state index in [1.807, 2.05) is 18.2 Å². The van der Waals surface area contributed by atoms with E-state index >= 15 is 0 Å². The fourth-order valence-electron chi connectivity index (χ4n) is 5.35. The van der Waals surface area contributed by atoms with Crippen LogP contribution in [0.1, 0.15) is 92.0 Å². The normalized spacial score (nSPS) is 19.6. The van der Waals surface area contributed by atoms with Crippen molar-refractivity contribution in [1.82, 2.24) is 0 Å². The molecule has 3 aromatic carbocycles. The van der Waals surface area contributed by atoms with Crippen molar-refractivity contribution in [3.63, 3.8) is 0 Å². The van der Waals surface area contributed by atoms with Crippen LogP contribution in [0.3, 0.4) is 0 Å². The highest BCUT2D eigenvalue weighted by atomic mass is 19.1. The van der Waals surface area contributed by atoms with E-state index in [1.54, 1.807) is 6.07 Å². The zero-order valence-corrected chi connectivity index (χ0v) is 20.1. The Balaban J connectivity index is 1.32. The van der Waals surface area contributed by atoms with Crippen LogP contribution in [0.25, 0.3) is 12.2 Å². The van der Waals surface area contributed by atoms with E-state index in [0.717, 1.165) is 24.3 Å². The molecule has 0 saturated heterocycles. The van der Waals surface area contributed by atoms with Crippen LogP contribution in [0.2, 0.25) is 0 Å². The maximum absolute atomic E-state index is 14.9. The minimum absolute atomic E-state index is 0.105. The van der Waals surface area contributed by atoms with Gasteiger partial charge in [0, 0.05) is 5.56 Å². The molecule has 33 heavy (non-hydrogen) atoms. The topological polar surface area (TPSA) is 0 Å². The summed E-state index contributed by atoms with van der Waals surface area (Å²) in [5, 5.41) is 0. The van der Waals surface area contributed by atoms with Gasteiger partial charge in [-0.05, 0) is 84.6 Å². The highest BCUT2D eigenvalue weighted by Crippen LogP contribution is 2.40. The van der Waals surface area contributed by atoms with Crippen molar-refractivity contribution in [2.24, 2.45) is 5.92 Å². The molecule has 0 aromatic heterocycles. The Morgan fingerprint density at radius 3 is 2.27 bits per heavy atom. The van der Waals surface area contributed by atoms with E-state index in [9.17, 15) is 4.39 Å². The predicted octanol–water partition coefficient (Wildman–Crippen LogP) is 9.42. The van der Waals surface area contributed by atoms with Crippen molar-refractivity contribution in [3.8, 4) is 0 Å². The maximum Gasteiger partial charge on any atom is 0.130 e. The standard InChI is InChI=1S/C32H37F/c1-3-7-25-10-12-26(13-11-25)14-19-30-20-21-31(23-32(30)33)29-17-15-27(16-18-29)22-24(2)28-8-5-4-6-9-28/h4-6,8-14,19-21,23-24,27,29H,3,7,15-18,22H2,1-2H3/t24-,27?,29?/m0/s1. The zero-order valence-electron chi connectivity index (χ0n) is 20.1. The molecule has 4 rings (SSSR count). The Morgan fingerprint density at radius 1 is 0.879 bits per heavy atom. The van der Waals surface area contributed by atoms with Crippen molar-refractivity contribution < 1.29 is 4.39 Å². The summed E-state index contributed by atoms with van der Waals surface area (Å²) in [7, 11) is 0. The molecule has 1 fully saturated rings. The molecular weight excluding hydrogens is 403 g/mol. The first-order chi connectivity index (χ1) is 16.1. The van der Waals surface area contributed by atoms with E-state index in [2.05, 4.69) is 74.5 Å². The summed E-state index contributed by atoms with van der Waals surface area (Å²) in [5.74, 6) is 1.78. The summed E-state index contributed by atoms with van der Waals surface area (Å²) >= 11 is 0. The van der Waals surface area contributed by atoms with Crippen LogP contribution < -0.4 is 0 Å². The van der Waals surface area contributed by atoms with Crippen LogP contribution in [0.4, 0.5) is 4.39 Å². The van der Waals surface area contributed by atoms with E-state index < -0.39 is 0 Å². The molecule has 0 nitrogen and oxygen atoms in total. The van der Waals surface area contributed by atoms with E-state index in [1.165, 1.54) is 48.8 Å². The van der Waals surface area contributed by atoms with Gasteiger partial charge in [0.05, 0.1) is 0 Å². The van der Waals surface area contributed by atoms with Crippen molar-refractivity contribution >= 4 is 12.2 Å². The average Bonchev–Trinajstić information content (AvgIpc) is 2.85. The molecule has 0 aliphatic heterocycles. The fourth-order valence-corrected chi connectivity index (χ4v) is 5.35. The van der Waals surface area contributed by atoms with Gasteiger partial charge < -0.3 is 0 Å². The minimum atomic E-state index is -0.105. The van der Waals surface area contributed by atoms with Gasteiger partial charge in [0.15, 0.2) is 0 Å². The first-order valence-corrected chi connectivity index (χ1v) is 12.7. The predicted molar refractivity (Wildman–Crippen MR) is 140 cm³/mol.